The first kappa shape index (κ1) is 34.1. The molecule has 0 amide bonds. The van der Waals surface area contributed by atoms with Gasteiger partial charge in [-0.05, 0) is 47.7 Å². The topological polar surface area (TPSA) is 55.6 Å². The number of hydrogen-bond acceptors (Lipinski definition) is 5. The Kier molecular flexibility index (Phi) is 14.8. The summed E-state index contributed by atoms with van der Waals surface area (Å²) in [6.07, 6.45) is 5.70. The Morgan fingerprint density at radius 3 is 2.41 bits per heavy atom. The molecule has 1 aliphatic rings. The molecule has 1 atom stereocenters. The van der Waals surface area contributed by atoms with E-state index >= 15 is 0 Å². The predicted molar refractivity (Wildman–Crippen MR) is 158 cm³/mol. The fourth-order valence-electron chi connectivity index (χ4n) is 3.52. The lowest BCUT2D eigenvalue weighted by Crippen LogP contribution is -2.32. The molecule has 0 fully saturated rings. The molecule has 2 N–H and O–H groups in total. The summed E-state index contributed by atoms with van der Waals surface area (Å²) >= 11 is 7.95. The molecule has 2 aromatic rings. The van der Waals surface area contributed by atoms with Crippen LogP contribution in [0, 0.1) is 0 Å². The van der Waals surface area contributed by atoms with Gasteiger partial charge in [-0.2, -0.15) is 13.2 Å². The summed E-state index contributed by atoms with van der Waals surface area (Å²) in [5.74, 6) is 5.70. The van der Waals surface area contributed by atoms with Crippen LogP contribution in [0.4, 0.5) is 13.2 Å². The van der Waals surface area contributed by atoms with Gasteiger partial charge < -0.3 is 4.74 Å². The molecular formula is C30H36ClF3N2O2S. The maximum atomic E-state index is 13.2. The lowest BCUT2D eigenvalue weighted by molar-refractivity contribution is -0.125. The Balaban J connectivity index is 0.00000181. The SMILES string of the molecule is CC.CC.COC(=O)c1cc(/C(=C/CC(F)(F)F)N(N)C2=CC=CC=CC2Cl)ccc1-c1cccc(SC)c1. The van der Waals surface area contributed by atoms with Crippen LogP contribution in [0.15, 0.2) is 89.5 Å². The van der Waals surface area contributed by atoms with Crippen LogP contribution in [0.5, 0.6) is 0 Å². The molecule has 0 radical (unpaired) electrons. The minimum Gasteiger partial charge on any atom is -0.465 e. The molecule has 0 spiro atoms. The highest BCUT2D eigenvalue weighted by Crippen LogP contribution is 2.33. The molecule has 0 aromatic heterocycles. The van der Waals surface area contributed by atoms with Gasteiger partial charge in [0.2, 0.25) is 0 Å². The zero-order chi connectivity index (χ0) is 29.6. The van der Waals surface area contributed by atoms with Gasteiger partial charge in [0.1, 0.15) is 0 Å². The molecule has 2 aromatic carbocycles. The number of halogens is 4. The Bertz CT molecular complexity index is 1210. The van der Waals surface area contributed by atoms with Gasteiger partial charge in [0.05, 0.1) is 35.9 Å². The van der Waals surface area contributed by atoms with Crippen molar-refractivity contribution in [3.8, 4) is 11.1 Å². The van der Waals surface area contributed by atoms with E-state index in [0.717, 1.165) is 21.5 Å². The molecule has 39 heavy (non-hydrogen) atoms. The van der Waals surface area contributed by atoms with Crippen LogP contribution in [0.25, 0.3) is 16.8 Å². The number of hydrazine groups is 1. The van der Waals surface area contributed by atoms with Gasteiger partial charge >= 0.3 is 12.1 Å². The number of ether oxygens (including phenoxy) is 1. The number of alkyl halides is 4. The van der Waals surface area contributed by atoms with Crippen molar-refractivity contribution in [3.05, 3.63) is 95.7 Å². The first-order valence-corrected chi connectivity index (χ1v) is 14.2. The molecular weight excluding hydrogens is 545 g/mol. The number of allylic oxidation sites excluding steroid dienone is 6. The van der Waals surface area contributed by atoms with Crippen molar-refractivity contribution in [1.82, 2.24) is 5.01 Å². The van der Waals surface area contributed by atoms with Crippen LogP contribution in [0.2, 0.25) is 0 Å². The molecule has 1 unspecified atom stereocenters. The van der Waals surface area contributed by atoms with E-state index in [2.05, 4.69) is 0 Å². The smallest absolute Gasteiger partial charge is 0.392 e. The molecule has 0 heterocycles. The average molecular weight is 581 g/mol. The predicted octanol–water partition coefficient (Wildman–Crippen LogP) is 9.00. The van der Waals surface area contributed by atoms with E-state index in [0.29, 0.717) is 16.8 Å². The second-order valence-corrected chi connectivity index (χ2v) is 8.88. The largest absolute Gasteiger partial charge is 0.465 e. The van der Waals surface area contributed by atoms with Gasteiger partial charge in [-0.3, -0.25) is 5.01 Å². The molecule has 0 aliphatic heterocycles. The Morgan fingerprint density at radius 1 is 1.10 bits per heavy atom. The van der Waals surface area contributed by atoms with E-state index in [9.17, 15) is 18.0 Å². The van der Waals surface area contributed by atoms with Crippen molar-refractivity contribution in [2.75, 3.05) is 13.4 Å². The summed E-state index contributed by atoms with van der Waals surface area (Å²) in [4.78, 5) is 13.7. The van der Waals surface area contributed by atoms with Gasteiger partial charge in [0.25, 0.3) is 0 Å². The van der Waals surface area contributed by atoms with Crippen molar-refractivity contribution >= 4 is 35.0 Å². The highest BCUT2D eigenvalue weighted by atomic mass is 35.5. The zero-order valence-electron chi connectivity index (χ0n) is 23.1. The van der Waals surface area contributed by atoms with Crippen molar-refractivity contribution in [1.29, 1.82) is 0 Å². The van der Waals surface area contributed by atoms with E-state index < -0.39 is 23.9 Å². The van der Waals surface area contributed by atoms with E-state index in [1.165, 1.54) is 13.2 Å². The summed E-state index contributed by atoms with van der Waals surface area (Å²) in [7, 11) is 1.25. The molecule has 0 saturated carbocycles. The summed E-state index contributed by atoms with van der Waals surface area (Å²) in [6.45, 7) is 8.00. The number of rotatable bonds is 7. The number of esters is 1. The van der Waals surface area contributed by atoms with Crippen LogP contribution < -0.4 is 5.84 Å². The third-order valence-electron chi connectivity index (χ3n) is 5.22. The van der Waals surface area contributed by atoms with E-state index in [4.69, 9.17) is 22.2 Å². The van der Waals surface area contributed by atoms with E-state index in [1.54, 1.807) is 54.3 Å². The number of carbonyl (C=O) groups excluding carboxylic acids is 1. The highest BCUT2D eigenvalue weighted by molar-refractivity contribution is 7.98. The molecule has 3 rings (SSSR count). The minimum atomic E-state index is -4.45. The van der Waals surface area contributed by atoms with Gasteiger partial charge in [-0.25, -0.2) is 10.6 Å². The normalized spacial score (nSPS) is 14.7. The second-order valence-electron chi connectivity index (χ2n) is 7.53. The van der Waals surface area contributed by atoms with Crippen LogP contribution in [-0.2, 0) is 4.74 Å². The molecule has 0 bridgehead atoms. The van der Waals surface area contributed by atoms with Gasteiger partial charge in [0, 0.05) is 10.5 Å². The monoisotopic (exact) mass is 580 g/mol. The molecule has 1 aliphatic carbocycles. The van der Waals surface area contributed by atoms with Crippen molar-refractivity contribution in [3.63, 3.8) is 0 Å². The van der Waals surface area contributed by atoms with Crippen molar-refractivity contribution in [2.24, 2.45) is 5.84 Å². The fourth-order valence-corrected chi connectivity index (χ4v) is 4.24. The van der Waals surface area contributed by atoms with Gasteiger partial charge in [-0.15, -0.1) is 23.4 Å². The quantitative estimate of drug-likeness (QED) is 0.116. The number of carbonyl (C=O) groups is 1. The Hall–Kier alpha value is -2.94. The highest BCUT2D eigenvalue weighted by Gasteiger charge is 2.28. The maximum absolute atomic E-state index is 13.2. The van der Waals surface area contributed by atoms with Crippen molar-refractivity contribution < 1.29 is 22.7 Å². The number of methoxy groups -OCH3 is 1. The number of hydrogen-bond donors (Lipinski definition) is 1. The van der Waals surface area contributed by atoms with Crippen molar-refractivity contribution in [2.45, 2.75) is 50.6 Å². The zero-order valence-corrected chi connectivity index (χ0v) is 24.6. The first-order chi connectivity index (χ1) is 18.6. The molecule has 4 nitrogen and oxygen atoms in total. The summed E-state index contributed by atoms with van der Waals surface area (Å²) in [5.41, 5.74) is 2.30. The minimum absolute atomic E-state index is 0.0532. The summed E-state index contributed by atoms with van der Waals surface area (Å²) in [5, 5.41) is 0.450. The Labute approximate surface area is 239 Å². The third-order valence-corrected chi connectivity index (χ3v) is 6.31. The van der Waals surface area contributed by atoms with Gasteiger partial charge in [-0.1, -0.05) is 76.3 Å². The summed E-state index contributed by atoms with van der Waals surface area (Å²) in [6, 6.07) is 12.4. The maximum Gasteiger partial charge on any atom is 0.392 e. The standard InChI is InChI=1S/C26H24ClF3N2O2S.2C2H6/c1-34-25(33)21-16-18(11-12-20(21)17-7-6-8-19(15-17)35-2)23(13-14-26(28,29)30)32(31)24-10-5-3-4-9-22(24)27;2*1-2/h3-13,15-16,22H,14,31H2,1-2H3;2*1-2H3/b23-13-;;. The van der Waals surface area contributed by atoms with Crippen LogP contribution in [0.3, 0.4) is 0 Å². The van der Waals surface area contributed by atoms with Gasteiger partial charge in [0.15, 0.2) is 0 Å². The molecule has 212 valence electrons. The lowest BCUT2D eigenvalue weighted by Gasteiger charge is -2.27. The number of thioether (sulfide) groups is 1. The van der Waals surface area contributed by atoms with Crippen LogP contribution in [-0.4, -0.2) is 35.9 Å². The number of nitrogens with zero attached hydrogens (tertiary/aromatic N) is 1. The third kappa shape index (κ3) is 9.95. The first-order valence-electron chi connectivity index (χ1n) is 12.5. The fraction of sp³-hybridized carbons (Fsp3) is 0.300. The number of benzene rings is 2. The summed E-state index contributed by atoms with van der Waals surface area (Å²) < 4.78 is 44.4. The Morgan fingerprint density at radius 2 is 1.79 bits per heavy atom. The van der Waals surface area contributed by atoms with E-state index in [1.807, 2.05) is 58.2 Å². The lowest BCUT2D eigenvalue weighted by atomic mass is 9.96. The van der Waals surface area contributed by atoms with E-state index in [-0.39, 0.29) is 11.3 Å². The number of nitrogens with two attached hydrogens (primary N) is 1. The van der Waals surface area contributed by atoms with Crippen LogP contribution >= 0.6 is 23.4 Å². The molecule has 9 heteroatoms. The average Bonchev–Trinajstić information content (AvgIpc) is 3.18. The van der Waals surface area contributed by atoms with Crippen LogP contribution in [0.1, 0.15) is 50.0 Å². The second kappa shape index (κ2) is 16.9. The molecule has 0 saturated heterocycles.